The highest BCUT2D eigenvalue weighted by Gasteiger charge is 2.20. The summed E-state index contributed by atoms with van der Waals surface area (Å²) in [7, 11) is 0. The molecule has 1 N–H and O–H groups in total. The van der Waals surface area contributed by atoms with Gasteiger partial charge in [-0.2, -0.15) is 0 Å². The molecule has 0 spiro atoms. The van der Waals surface area contributed by atoms with Crippen LogP contribution in [0.1, 0.15) is 44.4 Å². The van der Waals surface area contributed by atoms with Crippen molar-refractivity contribution in [1.82, 2.24) is 0 Å². The summed E-state index contributed by atoms with van der Waals surface area (Å²) in [6, 6.07) is 6.05. The first-order valence-electron chi connectivity index (χ1n) is 6.04. The van der Waals surface area contributed by atoms with Crippen molar-refractivity contribution in [2.75, 3.05) is 0 Å². The van der Waals surface area contributed by atoms with Gasteiger partial charge in [-0.3, -0.25) is 0 Å². The molecule has 1 aromatic carbocycles. The summed E-state index contributed by atoms with van der Waals surface area (Å²) in [5, 5.41) is 10.0. The summed E-state index contributed by atoms with van der Waals surface area (Å²) in [6.45, 7) is 6.33. The molecule has 2 unspecified atom stereocenters. The molecule has 0 fully saturated rings. The molecule has 2 heteroatoms. The zero-order valence-corrected chi connectivity index (χ0v) is 10.2. The van der Waals surface area contributed by atoms with Crippen LogP contribution in [-0.2, 0) is 6.42 Å². The zero-order chi connectivity index (χ0) is 11.7. The lowest BCUT2D eigenvalue weighted by Crippen LogP contribution is -2.05. The molecule has 88 valence electrons. The molecular formula is C14H20O2. The standard InChI is InChI=1S/C14H20O2/c1-9(2)6-13(15)11-4-5-14-12(8-11)7-10(3)16-14/h4-5,8-10,13,15H,6-7H2,1-3H3. The van der Waals surface area contributed by atoms with Crippen LogP contribution >= 0.6 is 0 Å². The molecule has 0 bridgehead atoms. The van der Waals surface area contributed by atoms with Crippen LogP contribution in [0.2, 0.25) is 0 Å². The monoisotopic (exact) mass is 220 g/mol. The van der Waals surface area contributed by atoms with Crippen molar-refractivity contribution in [2.45, 2.75) is 45.8 Å². The van der Waals surface area contributed by atoms with Crippen molar-refractivity contribution in [3.05, 3.63) is 29.3 Å². The number of ether oxygens (including phenoxy) is 1. The van der Waals surface area contributed by atoms with E-state index < -0.39 is 0 Å². The van der Waals surface area contributed by atoms with Gasteiger partial charge in [0.25, 0.3) is 0 Å². The first-order valence-corrected chi connectivity index (χ1v) is 6.04. The summed E-state index contributed by atoms with van der Waals surface area (Å²) in [6.07, 6.45) is 1.70. The molecule has 0 radical (unpaired) electrons. The van der Waals surface area contributed by atoms with Crippen molar-refractivity contribution in [1.29, 1.82) is 0 Å². The Labute approximate surface area is 97.3 Å². The fourth-order valence-corrected chi connectivity index (χ4v) is 2.23. The van der Waals surface area contributed by atoms with Crippen molar-refractivity contribution in [2.24, 2.45) is 5.92 Å². The minimum Gasteiger partial charge on any atom is -0.490 e. The predicted octanol–water partition coefficient (Wildman–Crippen LogP) is 3.09. The number of hydrogen-bond acceptors (Lipinski definition) is 2. The fourth-order valence-electron chi connectivity index (χ4n) is 2.23. The maximum atomic E-state index is 10.0. The Morgan fingerprint density at radius 2 is 2.19 bits per heavy atom. The fraction of sp³-hybridized carbons (Fsp3) is 0.571. The quantitative estimate of drug-likeness (QED) is 0.848. The van der Waals surface area contributed by atoms with Gasteiger partial charge in [-0.15, -0.1) is 0 Å². The molecule has 1 heterocycles. The van der Waals surface area contributed by atoms with E-state index in [2.05, 4.69) is 26.8 Å². The molecule has 1 aromatic rings. The lowest BCUT2D eigenvalue weighted by atomic mass is 9.97. The SMILES string of the molecule is CC(C)CC(O)c1ccc2c(c1)CC(C)O2. The molecule has 0 aliphatic carbocycles. The number of aliphatic hydroxyl groups is 1. The second-order valence-electron chi connectivity index (χ2n) is 5.15. The molecule has 0 amide bonds. The molecule has 1 aliphatic rings. The molecule has 0 aromatic heterocycles. The highest BCUT2D eigenvalue weighted by molar-refractivity contribution is 5.41. The summed E-state index contributed by atoms with van der Waals surface area (Å²) < 4.78 is 5.64. The topological polar surface area (TPSA) is 29.5 Å². The Kier molecular flexibility index (Phi) is 3.20. The van der Waals surface area contributed by atoms with E-state index >= 15 is 0 Å². The predicted molar refractivity (Wildman–Crippen MR) is 64.7 cm³/mol. The van der Waals surface area contributed by atoms with E-state index in [1.807, 2.05) is 12.1 Å². The van der Waals surface area contributed by atoms with Crippen LogP contribution in [0, 0.1) is 5.92 Å². The van der Waals surface area contributed by atoms with Gasteiger partial charge >= 0.3 is 0 Å². The average molecular weight is 220 g/mol. The van der Waals surface area contributed by atoms with Crippen molar-refractivity contribution < 1.29 is 9.84 Å². The number of aliphatic hydroxyl groups excluding tert-OH is 1. The van der Waals surface area contributed by atoms with Gasteiger partial charge in [0.1, 0.15) is 11.9 Å². The van der Waals surface area contributed by atoms with E-state index in [0.29, 0.717) is 5.92 Å². The van der Waals surface area contributed by atoms with Crippen LogP contribution in [0.4, 0.5) is 0 Å². The maximum absolute atomic E-state index is 10.0. The molecule has 16 heavy (non-hydrogen) atoms. The number of hydrogen-bond donors (Lipinski definition) is 1. The molecule has 1 aliphatic heterocycles. The molecular weight excluding hydrogens is 200 g/mol. The second kappa shape index (κ2) is 4.46. The molecule has 0 saturated heterocycles. The van der Waals surface area contributed by atoms with E-state index in [0.717, 1.165) is 24.2 Å². The first kappa shape index (κ1) is 11.5. The minimum atomic E-state index is -0.346. The van der Waals surface area contributed by atoms with Gasteiger partial charge in [-0.05, 0) is 42.5 Å². The van der Waals surface area contributed by atoms with Crippen LogP contribution < -0.4 is 4.74 Å². The molecule has 0 saturated carbocycles. The third-order valence-electron chi connectivity index (χ3n) is 3.00. The summed E-state index contributed by atoms with van der Waals surface area (Å²) in [4.78, 5) is 0. The Hall–Kier alpha value is -1.02. The second-order valence-corrected chi connectivity index (χ2v) is 5.15. The van der Waals surface area contributed by atoms with Gasteiger partial charge in [-0.25, -0.2) is 0 Å². The van der Waals surface area contributed by atoms with Gasteiger partial charge in [0.2, 0.25) is 0 Å². The Balaban J connectivity index is 2.16. The van der Waals surface area contributed by atoms with Crippen LogP contribution in [0.3, 0.4) is 0 Å². The van der Waals surface area contributed by atoms with Gasteiger partial charge in [0.15, 0.2) is 0 Å². The lowest BCUT2D eigenvalue weighted by molar-refractivity contribution is 0.151. The summed E-state index contributed by atoms with van der Waals surface area (Å²) >= 11 is 0. The maximum Gasteiger partial charge on any atom is 0.123 e. The molecule has 2 nitrogen and oxygen atoms in total. The van der Waals surface area contributed by atoms with Crippen LogP contribution in [-0.4, -0.2) is 11.2 Å². The third kappa shape index (κ3) is 2.38. The largest absolute Gasteiger partial charge is 0.490 e. The van der Waals surface area contributed by atoms with Gasteiger partial charge in [0.05, 0.1) is 6.10 Å². The first-order chi connectivity index (χ1) is 7.56. The van der Waals surface area contributed by atoms with Crippen LogP contribution in [0.5, 0.6) is 5.75 Å². The van der Waals surface area contributed by atoms with Gasteiger partial charge in [0, 0.05) is 6.42 Å². The zero-order valence-electron chi connectivity index (χ0n) is 10.2. The van der Waals surface area contributed by atoms with Gasteiger partial charge in [-0.1, -0.05) is 19.9 Å². The molecule has 2 atom stereocenters. The highest BCUT2D eigenvalue weighted by Crippen LogP contribution is 2.32. The van der Waals surface area contributed by atoms with Gasteiger partial charge < -0.3 is 9.84 Å². The summed E-state index contributed by atoms with van der Waals surface area (Å²) in [5.41, 5.74) is 2.25. The average Bonchev–Trinajstić information content (AvgIpc) is 2.55. The Morgan fingerprint density at radius 1 is 1.44 bits per heavy atom. The third-order valence-corrected chi connectivity index (χ3v) is 3.00. The smallest absolute Gasteiger partial charge is 0.123 e. The summed E-state index contributed by atoms with van der Waals surface area (Å²) in [5.74, 6) is 1.49. The highest BCUT2D eigenvalue weighted by atomic mass is 16.5. The van der Waals surface area contributed by atoms with E-state index in [1.54, 1.807) is 0 Å². The van der Waals surface area contributed by atoms with E-state index in [1.165, 1.54) is 5.56 Å². The van der Waals surface area contributed by atoms with E-state index in [-0.39, 0.29) is 12.2 Å². The Bertz CT molecular complexity index is 371. The minimum absolute atomic E-state index is 0.271. The van der Waals surface area contributed by atoms with E-state index in [4.69, 9.17) is 4.74 Å². The number of fused-ring (bicyclic) bond motifs is 1. The number of benzene rings is 1. The van der Waals surface area contributed by atoms with Crippen molar-refractivity contribution in [3.8, 4) is 5.75 Å². The van der Waals surface area contributed by atoms with E-state index in [9.17, 15) is 5.11 Å². The lowest BCUT2D eigenvalue weighted by Gasteiger charge is -2.14. The van der Waals surface area contributed by atoms with Crippen LogP contribution in [0.25, 0.3) is 0 Å². The Morgan fingerprint density at radius 3 is 2.88 bits per heavy atom. The van der Waals surface area contributed by atoms with Crippen LogP contribution in [0.15, 0.2) is 18.2 Å². The molecule has 2 rings (SSSR count). The van der Waals surface area contributed by atoms with Crippen molar-refractivity contribution >= 4 is 0 Å². The normalized spacial score (nSPS) is 20.7. The number of rotatable bonds is 3. The van der Waals surface area contributed by atoms with Crippen molar-refractivity contribution in [3.63, 3.8) is 0 Å².